The van der Waals surface area contributed by atoms with Crippen molar-refractivity contribution in [2.24, 2.45) is 0 Å². The quantitative estimate of drug-likeness (QED) is 0.709. The molecular formula is C17H16N2O2S. The number of para-hydroxylation sites is 1. The van der Waals surface area contributed by atoms with Gasteiger partial charge >= 0.3 is 0 Å². The normalized spacial score (nSPS) is 12.2. The zero-order valence-corrected chi connectivity index (χ0v) is 12.7. The summed E-state index contributed by atoms with van der Waals surface area (Å²) in [5.41, 5.74) is 0. The number of rotatable bonds is 6. The van der Waals surface area contributed by atoms with Gasteiger partial charge in [0.15, 0.2) is 0 Å². The van der Waals surface area contributed by atoms with Crippen LogP contribution in [0, 0.1) is 0 Å². The number of fused-ring (bicyclic) bond motifs is 1. The minimum atomic E-state index is -0.564. The zero-order chi connectivity index (χ0) is 15.2. The molecule has 0 radical (unpaired) electrons. The fourth-order valence-electron chi connectivity index (χ4n) is 2.04. The van der Waals surface area contributed by atoms with Crippen molar-refractivity contribution in [2.45, 2.75) is 11.1 Å². The number of nitrogens with zero attached hydrogens (tertiary/aromatic N) is 2. The van der Waals surface area contributed by atoms with Gasteiger partial charge in [0.25, 0.3) is 0 Å². The van der Waals surface area contributed by atoms with Crippen LogP contribution in [0.3, 0.4) is 0 Å². The zero-order valence-electron chi connectivity index (χ0n) is 11.9. The van der Waals surface area contributed by atoms with E-state index in [-0.39, 0.29) is 6.61 Å². The van der Waals surface area contributed by atoms with Gasteiger partial charge in [-0.15, -0.1) is 16.9 Å². The van der Waals surface area contributed by atoms with Gasteiger partial charge in [-0.1, -0.05) is 42.5 Å². The van der Waals surface area contributed by atoms with Crippen LogP contribution < -0.4 is 4.74 Å². The van der Waals surface area contributed by atoms with Crippen molar-refractivity contribution < 1.29 is 9.84 Å². The van der Waals surface area contributed by atoms with Crippen molar-refractivity contribution >= 4 is 22.5 Å². The number of aliphatic hydroxyl groups is 1. The van der Waals surface area contributed by atoms with Gasteiger partial charge in [-0.05, 0) is 12.1 Å². The van der Waals surface area contributed by atoms with Crippen molar-refractivity contribution in [2.75, 3.05) is 12.4 Å². The average molecular weight is 312 g/mol. The number of ether oxygens (including phenoxy) is 1. The van der Waals surface area contributed by atoms with Crippen LogP contribution in [0.15, 0.2) is 65.8 Å². The number of thioether (sulfide) groups is 1. The average Bonchev–Trinajstić information content (AvgIpc) is 2.59. The van der Waals surface area contributed by atoms with E-state index in [1.165, 1.54) is 11.8 Å². The van der Waals surface area contributed by atoms with E-state index in [1.807, 2.05) is 54.6 Å². The number of hydrogen-bond donors (Lipinski definition) is 1. The molecule has 1 aromatic heterocycles. The standard InChI is InChI=1S/C17H16N2O2S/c20-14(11-21-15-7-2-1-3-8-15)12-22-17-16-9-5-4-6-13(16)10-18-19-17/h1-10,14,20H,11-12H2. The van der Waals surface area contributed by atoms with E-state index in [1.54, 1.807) is 6.20 Å². The fraction of sp³-hybridized carbons (Fsp3) is 0.176. The maximum Gasteiger partial charge on any atom is 0.127 e. The van der Waals surface area contributed by atoms with Gasteiger partial charge in [0, 0.05) is 16.5 Å². The molecule has 5 heteroatoms. The Kier molecular flexibility index (Phi) is 4.88. The third-order valence-electron chi connectivity index (χ3n) is 3.13. The lowest BCUT2D eigenvalue weighted by Gasteiger charge is -2.12. The second-order valence-corrected chi connectivity index (χ2v) is 5.83. The smallest absolute Gasteiger partial charge is 0.127 e. The van der Waals surface area contributed by atoms with E-state index in [2.05, 4.69) is 10.2 Å². The third kappa shape index (κ3) is 3.75. The van der Waals surface area contributed by atoms with E-state index in [0.29, 0.717) is 5.75 Å². The van der Waals surface area contributed by atoms with Crippen LogP contribution in [0.5, 0.6) is 5.75 Å². The van der Waals surface area contributed by atoms with Crippen LogP contribution in [0.4, 0.5) is 0 Å². The van der Waals surface area contributed by atoms with Crippen molar-refractivity contribution in [3.8, 4) is 5.75 Å². The first kappa shape index (κ1) is 14.8. The SMILES string of the molecule is OC(COc1ccccc1)CSc1nncc2ccccc12. The fourth-order valence-corrected chi connectivity index (χ4v) is 2.93. The Morgan fingerprint density at radius 2 is 1.82 bits per heavy atom. The van der Waals surface area contributed by atoms with Crippen LogP contribution in [0.2, 0.25) is 0 Å². The molecule has 0 spiro atoms. The molecule has 3 rings (SSSR count). The summed E-state index contributed by atoms with van der Waals surface area (Å²) in [4.78, 5) is 0. The molecule has 0 amide bonds. The van der Waals surface area contributed by atoms with Crippen molar-refractivity contribution in [1.29, 1.82) is 0 Å². The van der Waals surface area contributed by atoms with Crippen molar-refractivity contribution in [3.05, 3.63) is 60.8 Å². The molecule has 0 bridgehead atoms. The lowest BCUT2D eigenvalue weighted by atomic mass is 10.2. The minimum absolute atomic E-state index is 0.259. The number of hydrogen-bond acceptors (Lipinski definition) is 5. The van der Waals surface area contributed by atoms with Gasteiger partial charge in [-0.3, -0.25) is 0 Å². The van der Waals surface area contributed by atoms with E-state index >= 15 is 0 Å². The first-order chi connectivity index (χ1) is 10.8. The molecule has 0 aliphatic rings. The lowest BCUT2D eigenvalue weighted by molar-refractivity contribution is 0.126. The molecule has 3 aromatic rings. The largest absolute Gasteiger partial charge is 0.491 e. The Labute approximate surface area is 133 Å². The van der Waals surface area contributed by atoms with Gasteiger partial charge in [0.2, 0.25) is 0 Å². The first-order valence-corrected chi connectivity index (χ1v) is 8.00. The topological polar surface area (TPSA) is 55.2 Å². The summed E-state index contributed by atoms with van der Waals surface area (Å²) in [5, 5.41) is 21.1. The lowest BCUT2D eigenvalue weighted by Crippen LogP contribution is -2.20. The maximum atomic E-state index is 10.0. The van der Waals surface area contributed by atoms with Crippen LogP contribution in [-0.4, -0.2) is 33.8 Å². The molecule has 0 fully saturated rings. The molecule has 22 heavy (non-hydrogen) atoms. The molecule has 0 aliphatic carbocycles. The molecule has 1 atom stereocenters. The second-order valence-electron chi connectivity index (χ2n) is 4.83. The van der Waals surface area contributed by atoms with Crippen molar-refractivity contribution in [3.63, 3.8) is 0 Å². The van der Waals surface area contributed by atoms with E-state index in [0.717, 1.165) is 21.5 Å². The number of aromatic nitrogens is 2. The Bertz CT molecular complexity index is 732. The molecule has 112 valence electrons. The predicted octanol–water partition coefficient (Wildman–Crippen LogP) is 3.16. The van der Waals surface area contributed by atoms with Crippen LogP contribution in [0.25, 0.3) is 10.8 Å². The van der Waals surface area contributed by atoms with Gasteiger partial charge < -0.3 is 9.84 Å². The van der Waals surface area contributed by atoms with Crippen molar-refractivity contribution in [1.82, 2.24) is 10.2 Å². The Hall–Kier alpha value is -2.11. The van der Waals surface area contributed by atoms with Gasteiger partial charge in [0.05, 0.1) is 12.3 Å². The first-order valence-electron chi connectivity index (χ1n) is 7.02. The minimum Gasteiger partial charge on any atom is -0.491 e. The highest BCUT2D eigenvalue weighted by molar-refractivity contribution is 7.99. The summed E-state index contributed by atoms with van der Waals surface area (Å²) in [5.74, 6) is 1.27. The van der Waals surface area contributed by atoms with E-state index in [9.17, 15) is 5.11 Å². The van der Waals surface area contributed by atoms with Gasteiger partial charge in [-0.2, -0.15) is 5.10 Å². The second kappa shape index (κ2) is 7.24. The van der Waals surface area contributed by atoms with Crippen LogP contribution in [-0.2, 0) is 0 Å². The van der Waals surface area contributed by atoms with Gasteiger partial charge in [-0.25, -0.2) is 0 Å². The molecule has 1 N–H and O–H groups in total. The number of aliphatic hydroxyl groups excluding tert-OH is 1. The summed E-state index contributed by atoms with van der Waals surface area (Å²) in [7, 11) is 0. The Morgan fingerprint density at radius 3 is 2.68 bits per heavy atom. The highest BCUT2D eigenvalue weighted by Gasteiger charge is 2.09. The van der Waals surface area contributed by atoms with Crippen LogP contribution in [0.1, 0.15) is 0 Å². The highest BCUT2D eigenvalue weighted by atomic mass is 32.2. The van der Waals surface area contributed by atoms with E-state index < -0.39 is 6.10 Å². The molecule has 1 unspecified atom stereocenters. The van der Waals surface area contributed by atoms with E-state index in [4.69, 9.17) is 4.74 Å². The summed E-state index contributed by atoms with van der Waals surface area (Å²) < 4.78 is 5.54. The summed E-state index contributed by atoms with van der Waals surface area (Å²) in [6, 6.07) is 17.4. The number of benzene rings is 2. The molecule has 0 saturated heterocycles. The highest BCUT2D eigenvalue weighted by Crippen LogP contribution is 2.25. The summed E-state index contributed by atoms with van der Waals surface area (Å²) in [6.07, 6.45) is 1.18. The monoisotopic (exact) mass is 312 g/mol. The molecule has 1 heterocycles. The Balaban J connectivity index is 1.57. The Morgan fingerprint density at radius 1 is 1.05 bits per heavy atom. The molecule has 0 aliphatic heterocycles. The molecule has 2 aromatic carbocycles. The van der Waals surface area contributed by atoms with Gasteiger partial charge in [0.1, 0.15) is 17.4 Å². The third-order valence-corrected chi connectivity index (χ3v) is 4.26. The maximum absolute atomic E-state index is 10.0. The molecular weight excluding hydrogens is 296 g/mol. The predicted molar refractivity (Wildman–Crippen MR) is 88.2 cm³/mol. The molecule has 4 nitrogen and oxygen atoms in total. The summed E-state index contributed by atoms with van der Waals surface area (Å²) >= 11 is 1.49. The molecule has 0 saturated carbocycles. The summed E-state index contributed by atoms with van der Waals surface area (Å²) in [6.45, 7) is 0.259. The van der Waals surface area contributed by atoms with Crippen LogP contribution >= 0.6 is 11.8 Å².